The summed E-state index contributed by atoms with van der Waals surface area (Å²) in [4.78, 5) is 21.3. The van der Waals surface area contributed by atoms with E-state index in [1.165, 1.54) is 0 Å². The Labute approximate surface area is 131 Å². The van der Waals surface area contributed by atoms with Gasteiger partial charge in [0.25, 0.3) is 10.1 Å². The number of hydrogen-bond acceptors (Lipinski definition) is 5. The van der Waals surface area contributed by atoms with Gasteiger partial charge < -0.3 is 9.84 Å². The molecule has 2 N–H and O–H groups in total. The van der Waals surface area contributed by atoms with Crippen molar-refractivity contribution in [3.8, 4) is 0 Å². The molecular formula is C10H11NaO7S. The summed E-state index contributed by atoms with van der Waals surface area (Å²) in [5.41, 5.74) is -0.778. The minimum atomic E-state index is -4.74. The van der Waals surface area contributed by atoms with E-state index < -0.39 is 32.5 Å². The molecule has 7 nitrogen and oxygen atoms in total. The van der Waals surface area contributed by atoms with Gasteiger partial charge in [-0.25, -0.2) is 9.59 Å². The summed E-state index contributed by atoms with van der Waals surface area (Å²) in [5, 5.41) is 8.77. The molecule has 0 aliphatic heterocycles. The molecule has 0 aliphatic carbocycles. The van der Waals surface area contributed by atoms with E-state index in [2.05, 4.69) is 4.74 Å². The van der Waals surface area contributed by atoms with E-state index in [4.69, 9.17) is 9.66 Å². The van der Waals surface area contributed by atoms with Crippen molar-refractivity contribution in [2.75, 3.05) is 6.61 Å². The van der Waals surface area contributed by atoms with E-state index in [1.807, 2.05) is 0 Å². The number of carbonyl (C=O) groups is 2. The van der Waals surface area contributed by atoms with Gasteiger partial charge in [-0.3, -0.25) is 4.55 Å². The van der Waals surface area contributed by atoms with Gasteiger partial charge >= 0.3 is 41.5 Å². The van der Waals surface area contributed by atoms with Crippen molar-refractivity contribution < 1.29 is 32.4 Å². The standard InChI is InChI=1S/C10H10O7S.Na.H/c1-2-17-10(13)6-3-4-7(9(11)12)8(5-6)18(14,15)16;;/h3-5H,2H2,1H3,(H,11,12)(H,14,15,16);;. The first-order valence-electron chi connectivity index (χ1n) is 4.79. The first kappa shape index (κ1) is 18.1. The quantitative estimate of drug-likeness (QED) is 0.461. The van der Waals surface area contributed by atoms with Crippen molar-refractivity contribution >= 4 is 51.6 Å². The van der Waals surface area contributed by atoms with Gasteiger partial charge in [0.2, 0.25) is 0 Å². The van der Waals surface area contributed by atoms with Crippen LogP contribution < -0.4 is 0 Å². The molecule has 0 aromatic heterocycles. The first-order valence-corrected chi connectivity index (χ1v) is 6.23. The van der Waals surface area contributed by atoms with Crippen molar-refractivity contribution in [1.29, 1.82) is 0 Å². The molecule has 0 spiro atoms. The van der Waals surface area contributed by atoms with Crippen LogP contribution in [-0.4, -0.2) is 66.2 Å². The zero-order valence-corrected chi connectivity index (χ0v) is 10.1. The number of carboxylic acids is 1. The monoisotopic (exact) mass is 298 g/mol. The van der Waals surface area contributed by atoms with Crippen LogP contribution in [0, 0.1) is 0 Å². The Kier molecular flexibility index (Phi) is 6.67. The molecule has 100 valence electrons. The summed E-state index contributed by atoms with van der Waals surface area (Å²) in [6.45, 7) is 1.65. The Bertz CT molecular complexity index is 594. The van der Waals surface area contributed by atoms with E-state index >= 15 is 0 Å². The Morgan fingerprint density at radius 1 is 1.32 bits per heavy atom. The van der Waals surface area contributed by atoms with Crippen molar-refractivity contribution in [2.24, 2.45) is 0 Å². The number of hydrogen-bond donors (Lipinski definition) is 2. The molecule has 0 fully saturated rings. The average molecular weight is 298 g/mol. The van der Waals surface area contributed by atoms with Crippen LogP contribution >= 0.6 is 0 Å². The molecule has 1 aromatic carbocycles. The van der Waals surface area contributed by atoms with E-state index in [1.54, 1.807) is 6.92 Å². The van der Waals surface area contributed by atoms with Gasteiger partial charge in [0, 0.05) is 0 Å². The molecule has 0 bridgehead atoms. The van der Waals surface area contributed by atoms with Gasteiger partial charge in [0.05, 0.1) is 17.7 Å². The number of benzene rings is 1. The molecular weight excluding hydrogens is 287 g/mol. The van der Waals surface area contributed by atoms with Crippen molar-refractivity contribution in [3.05, 3.63) is 29.3 Å². The number of carbonyl (C=O) groups excluding carboxylic acids is 1. The normalized spacial score (nSPS) is 10.4. The number of ether oxygens (including phenoxy) is 1. The van der Waals surface area contributed by atoms with Gasteiger partial charge in [-0.2, -0.15) is 8.42 Å². The molecule has 0 saturated heterocycles. The fraction of sp³-hybridized carbons (Fsp3) is 0.200. The fourth-order valence-electron chi connectivity index (χ4n) is 1.25. The molecule has 9 heteroatoms. The third-order valence-electron chi connectivity index (χ3n) is 2.00. The molecule has 0 radical (unpaired) electrons. The molecule has 0 aliphatic rings. The minimum absolute atomic E-state index is 0. The van der Waals surface area contributed by atoms with Crippen LogP contribution in [0.15, 0.2) is 23.1 Å². The molecule has 19 heavy (non-hydrogen) atoms. The van der Waals surface area contributed by atoms with Crippen LogP contribution in [-0.2, 0) is 14.9 Å². The van der Waals surface area contributed by atoms with Crippen LogP contribution in [0.2, 0.25) is 0 Å². The van der Waals surface area contributed by atoms with Gasteiger partial charge in [-0.05, 0) is 25.1 Å². The Hall–Kier alpha value is -0.930. The summed E-state index contributed by atoms with van der Waals surface area (Å²) in [6, 6.07) is 2.78. The van der Waals surface area contributed by atoms with Gasteiger partial charge in [-0.1, -0.05) is 0 Å². The number of esters is 1. The van der Waals surface area contributed by atoms with Crippen molar-refractivity contribution in [2.45, 2.75) is 11.8 Å². The first-order chi connectivity index (χ1) is 8.27. The zero-order valence-electron chi connectivity index (χ0n) is 9.28. The second kappa shape index (κ2) is 7.01. The second-order valence-electron chi connectivity index (χ2n) is 3.21. The fourth-order valence-corrected chi connectivity index (χ4v) is 1.96. The van der Waals surface area contributed by atoms with Gasteiger partial charge in [-0.15, -0.1) is 0 Å². The van der Waals surface area contributed by atoms with Crippen molar-refractivity contribution in [3.63, 3.8) is 0 Å². The van der Waals surface area contributed by atoms with Crippen LogP contribution in [0.4, 0.5) is 0 Å². The molecule has 0 amide bonds. The van der Waals surface area contributed by atoms with E-state index in [0.29, 0.717) is 0 Å². The van der Waals surface area contributed by atoms with Crippen LogP contribution in [0.5, 0.6) is 0 Å². The zero-order chi connectivity index (χ0) is 13.9. The predicted molar refractivity (Wildman–Crippen MR) is 66.3 cm³/mol. The van der Waals surface area contributed by atoms with Crippen molar-refractivity contribution in [1.82, 2.24) is 0 Å². The molecule has 0 atom stereocenters. The number of aromatic carboxylic acids is 1. The Balaban J connectivity index is 0.00000324. The molecule has 0 unspecified atom stereocenters. The SMILES string of the molecule is CCOC(=O)c1ccc(C(=O)O)c(S(=O)(=O)O)c1.[NaH]. The van der Waals surface area contributed by atoms with Gasteiger partial charge in [0.1, 0.15) is 4.90 Å². The molecule has 1 aromatic rings. The van der Waals surface area contributed by atoms with Crippen LogP contribution in [0.3, 0.4) is 0 Å². The molecule has 1 rings (SSSR count). The molecule has 0 heterocycles. The maximum atomic E-state index is 11.4. The van der Waals surface area contributed by atoms with Crippen LogP contribution in [0.1, 0.15) is 27.6 Å². The average Bonchev–Trinajstić information content (AvgIpc) is 2.27. The maximum absolute atomic E-state index is 11.4. The third kappa shape index (κ3) is 4.59. The molecule has 0 saturated carbocycles. The Morgan fingerprint density at radius 3 is 2.32 bits per heavy atom. The Morgan fingerprint density at radius 2 is 1.89 bits per heavy atom. The number of carboxylic acid groups (broad SMARTS) is 1. The summed E-state index contributed by atoms with van der Waals surface area (Å²) in [6.07, 6.45) is 0. The summed E-state index contributed by atoms with van der Waals surface area (Å²) in [7, 11) is -4.74. The van der Waals surface area contributed by atoms with E-state index in [0.717, 1.165) is 18.2 Å². The summed E-state index contributed by atoms with van der Waals surface area (Å²) >= 11 is 0. The summed E-state index contributed by atoms with van der Waals surface area (Å²) in [5.74, 6) is -2.34. The predicted octanol–water partition coefficient (Wildman–Crippen LogP) is 0.160. The van der Waals surface area contributed by atoms with E-state index in [9.17, 15) is 18.0 Å². The second-order valence-corrected chi connectivity index (χ2v) is 4.60. The number of rotatable bonds is 4. The van der Waals surface area contributed by atoms with Gasteiger partial charge in [0.15, 0.2) is 0 Å². The summed E-state index contributed by atoms with van der Waals surface area (Å²) < 4.78 is 35.6. The van der Waals surface area contributed by atoms with Crippen LogP contribution in [0.25, 0.3) is 0 Å². The van der Waals surface area contributed by atoms with E-state index in [-0.39, 0.29) is 41.7 Å². The third-order valence-corrected chi connectivity index (χ3v) is 2.89. The topological polar surface area (TPSA) is 118 Å².